The van der Waals surface area contributed by atoms with Gasteiger partial charge in [-0.2, -0.15) is 0 Å². The molecular weight excluding hydrogens is 452 g/mol. The number of aryl methyl sites for hydroxylation is 2. The third kappa shape index (κ3) is 4.36. The number of hydrogen-bond acceptors (Lipinski definition) is 7. The monoisotopic (exact) mass is 478 g/mol. The fraction of sp³-hybridized carbons (Fsp3) is 0.231. The van der Waals surface area contributed by atoms with Crippen LogP contribution >= 0.6 is 11.3 Å². The maximum Gasteiger partial charge on any atom is 0.250 e. The van der Waals surface area contributed by atoms with Gasteiger partial charge in [-0.3, -0.25) is 10.1 Å². The van der Waals surface area contributed by atoms with Crippen LogP contribution in [-0.2, 0) is 4.79 Å². The first-order chi connectivity index (χ1) is 16.4. The number of carbonyl (C=O) groups is 1. The maximum atomic E-state index is 12.6. The zero-order valence-electron chi connectivity index (χ0n) is 19.9. The molecule has 0 bridgehead atoms. The minimum atomic E-state index is -0.251. The van der Waals surface area contributed by atoms with E-state index in [9.17, 15) is 4.79 Å². The first kappa shape index (κ1) is 23.4. The highest BCUT2D eigenvalue weighted by atomic mass is 32.1. The number of anilines is 1. The Balaban J connectivity index is 1.79. The average molecular weight is 479 g/mol. The van der Waals surface area contributed by atoms with Crippen LogP contribution < -0.4 is 19.5 Å². The minimum absolute atomic E-state index is 0.251. The number of nitrogens with one attached hydrogen (secondary N) is 1. The van der Waals surface area contributed by atoms with Crippen molar-refractivity contribution in [3.8, 4) is 28.4 Å². The molecule has 0 aliphatic heterocycles. The van der Waals surface area contributed by atoms with E-state index in [1.807, 2.05) is 50.4 Å². The SMILES string of the molecule is COc1ccc(-c2coc3c(C)c(OC)c(/C(C)=C/C(=O)Nc4nc(C)cs4)cc23)cc1OC. The molecule has 34 heavy (non-hydrogen) atoms. The van der Waals surface area contributed by atoms with Gasteiger partial charge in [-0.05, 0) is 50.1 Å². The van der Waals surface area contributed by atoms with Crippen molar-refractivity contribution in [1.29, 1.82) is 0 Å². The van der Waals surface area contributed by atoms with Crippen molar-refractivity contribution in [2.24, 2.45) is 0 Å². The number of carbonyl (C=O) groups excluding carboxylic acids is 1. The van der Waals surface area contributed by atoms with E-state index in [1.54, 1.807) is 33.7 Å². The van der Waals surface area contributed by atoms with Crippen molar-refractivity contribution in [3.63, 3.8) is 0 Å². The second-order valence-corrected chi connectivity index (χ2v) is 8.65. The summed E-state index contributed by atoms with van der Waals surface area (Å²) in [5, 5.41) is 6.18. The lowest BCUT2D eigenvalue weighted by Gasteiger charge is -2.13. The molecule has 2 aromatic heterocycles. The molecule has 0 unspecified atom stereocenters. The Labute approximate surface area is 202 Å². The number of allylic oxidation sites excluding steroid dienone is 1. The molecule has 176 valence electrons. The predicted octanol–water partition coefficient (Wildman–Crippen LogP) is 6.24. The number of aromatic nitrogens is 1. The predicted molar refractivity (Wildman–Crippen MR) is 135 cm³/mol. The Bertz CT molecular complexity index is 1400. The van der Waals surface area contributed by atoms with Gasteiger partial charge in [0.1, 0.15) is 11.3 Å². The lowest BCUT2D eigenvalue weighted by molar-refractivity contribution is -0.111. The Kier molecular flexibility index (Phi) is 6.61. The number of hydrogen-bond donors (Lipinski definition) is 1. The number of fused-ring (bicyclic) bond motifs is 1. The van der Waals surface area contributed by atoms with Gasteiger partial charge in [-0.25, -0.2) is 4.98 Å². The summed E-state index contributed by atoms with van der Waals surface area (Å²) in [6, 6.07) is 7.72. The molecule has 0 atom stereocenters. The Morgan fingerprint density at radius 1 is 1.09 bits per heavy atom. The molecule has 2 heterocycles. The van der Waals surface area contributed by atoms with Crippen molar-refractivity contribution < 1.29 is 23.4 Å². The fourth-order valence-corrected chi connectivity index (χ4v) is 4.62. The van der Waals surface area contributed by atoms with Gasteiger partial charge >= 0.3 is 0 Å². The molecule has 0 fully saturated rings. The molecule has 0 saturated heterocycles. The third-order valence-corrected chi connectivity index (χ3v) is 6.44. The largest absolute Gasteiger partial charge is 0.496 e. The van der Waals surface area contributed by atoms with Gasteiger partial charge < -0.3 is 18.6 Å². The highest BCUT2D eigenvalue weighted by Gasteiger charge is 2.19. The Morgan fingerprint density at radius 2 is 1.85 bits per heavy atom. The summed E-state index contributed by atoms with van der Waals surface area (Å²) in [4.78, 5) is 16.9. The summed E-state index contributed by atoms with van der Waals surface area (Å²) in [6.45, 7) is 5.71. The van der Waals surface area contributed by atoms with Crippen molar-refractivity contribution in [3.05, 3.63) is 58.8 Å². The van der Waals surface area contributed by atoms with Crippen molar-refractivity contribution >= 4 is 38.9 Å². The average Bonchev–Trinajstić information content (AvgIpc) is 3.44. The van der Waals surface area contributed by atoms with Gasteiger partial charge in [0.15, 0.2) is 16.6 Å². The molecule has 4 aromatic rings. The van der Waals surface area contributed by atoms with Crippen molar-refractivity contribution in [1.82, 2.24) is 4.98 Å². The molecule has 0 spiro atoms. The van der Waals surface area contributed by atoms with Crippen LogP contribution in [0.25, 0.3) is 27.7 Å². The lowest BCUT2D eigenvalue weighted by atomic mass is 9.96. The first-order valence-corrected chi connectivity index (χ1v) is 11.5. The first-order valence-electron chi connectivity index (χ1n) is 10.6. The normalized spacial score (nSPS) is 11.5. The number of ether oxygens (including phenoxy) is 3. The summed E-state index contributed by atoms with van der Waals surface area (Å²) >= 11 is 1.39. The highest BCUT2D eigenvalue weighted by Crippen LogP contribution is 2.42. The van der Waals surface area contributed by atoms with E-state index in [4.69, 9.17) is 18.6 Å². The smallest absolute Gasteiger partial charge is 0.250 e. The molecule has 1 amide bonds. The number of thiazole rings is 1. The summed E-state index contributed by atoms with van der Waals surface area (Å²) < 4.78 is 22.5. The number of rotatable bonds is 7. The molecule has 7 nitrogen and oxygen atoms in total. The maximum absolute atomic E-state index is 12.6. The Morgan fingerprint density at radius 3 is 2.50 bits per heavy atom. The van der Waals surface area contributed by atoms with Gasteiger partial charge in [0.25, 0.3) is 0 Å². The number of amides is 1. The second kappa shape index (κ2) is 9.61. The van der Waals surface area contributed by atoms with E-state index in [1.165, 1.54) is 11.3 Å². The lowest BCUT2D eigenvalue weighted by Crippen LogP contribution is -2.08. The second-order valence-electron chi connectivity index (χ2n) is 7.79. The fourth-order valence-electron chi connectivity index (χ4n) is 3.93. The minimum Gasteiger partial charge on any atom is -0.496 e. The molecular formula is C26H26N2O5S. The summed E-state index contributed by atoms with van der Waals surface area (Å²) in [7, 11) is 4.82. The standard InChI is InChI=1S/C26H26N2O5S/c1-14(9-23(29)28-26-27-15(2)13-34-26)18-11-19-20(12-33-25(19)16(3)24(18)32-6)17-7-8-21(30-4)22(10-17)31-5/h7-13H,1-6H3,(H,27,28,29)/b14-9+. The topological polar surface area (TPSA) is 82.8 Å². The summed E-state index contributed by atoms with van der Waals surface area (Å²) in [5.41, 5.74) is 5.83. The molecule has 1 N–H and O–H groups in total. The Hall–Kier alpha value is -3.78. The molecule has 0 saturated carbocycles. The molecule has 0 radical (unpaired) electrons. The van der Waals surface area contributed by atoms with Crippen LogP contribution in [0.5, 0.6) is 17.2 Å². The van der Waals surface area contributed by atoms with E-state index in [2.05, 4.69) is 10.3 Å². The van der Waals surface area contributed by atoms with Crippen LogP contribution in [0.2, 0.25) is 0 Å². The molecule has 4 rings (SSSR count). The van der Waals surface area contributed by atoms with E-state index in [0.29, 0.717) is 22.4 Å². The van der Waals surface area contributed by atoms with Crippen LogP contribution in [0.15, 0.2) is 46.4 Å². The van der Waals surface area contributed by atoms with Gasteiger partial charge in [0.2, 0.25) is 5.91 Å². The third-order valence-electron chi connectivity index (χ3n) is 5.56. The van der Waals surface area contributed by atoms with Crippen LogP contribution in [0.1, 0.15) is 23.7 Å². The van der Waals surface area contributed by atoms with E-state index >= 15 is 0 Å². The molecule has 8 heteroatoms. The van der Waals surface area contributed by atoms with Crippen LogP contribution in [-0.4, -0.2) is 32.2 Å². The highest BCUT2D eigenvalue weighted by molar-refractivity contribution is 7.13. The number of methoxy groups -OCH3 is 3. The van der Waals surface area contributed by atoms with Crippen LogP contribution in [0.3, 0.4) is 0 Å². The van der Waals surface area contributed by atoms with Gasteiger partial charge in [-0.1, -0.05) is 6.07 Å². The van der Waals surface area contributed by atoms with Crippen LogP contribution in [0, 0.1) is 13.8 Å². The molecule has 0 aliphatic rings. The zero-order chi connectivity index (χ0) is 24.4. The van der Waals surface area contributed by atoms with Gasteiger partial charge in [0, 0.05) is 33.5 Å². The van der Waals surface area contributed by atoms with E-state index < -0.39 is 0 Å². The quantitative estimate of drug-likeness (QED) is 0.317. The van der Waals surface area contributed by atoms with Gasteiger partial charge in [-0.15, -0.1) is 11.3 Å². The zero-order valence-corrected chi connectivity index (χ0v) is 20.8. The molecule has 2 aromatic carbocycles. The van der Waals surface area contributed by atoms with Crippen molar-refractivity contribution in [2.75, 3.05) is 26.6 Å². The summed E-state index contributed by atoms with van der Waals surface area (Å²) in [5.74, 6) is 1.69. The summed E-state index contributed by atoms with van der Waals surface area (Å²) in [6.07, 6.45) is 3.27. The van der Waals surface area contributed by atoms with Gasteiger partial charge in [0.05, 0.1) is 33.3 Å². The van der Waals surface area contributed by atoms with E-state index in [-0.39, 0.29) is 5.91 Å². The van der Waals surface area contributed by atoms with Crippen LogP contribution in [0.4, 0.5) is 5.13 Å². The number of nitrogens with zero attached hydrogens (tertiary/aromatic N) is 1. The van der Waals surface area contributed by atoms with E-state index in [0.717, 1.165) is 44.5 Å². The molecule has 0 aliphatic carbocycles. The number of benzene rings is 2. The number of furan rings is 1. The van der Waals surface area contributed by atoms with Crippen molar-refractivity contribution in [2.45, 2.75) is 20.8 Å².